The van der Waals surface area contributed by atoms with Crippen molar-refractivity contribution >= 4 is 22.5 Å². The molecule has 2 aromatic carbocycles. The summed E-state index contributed by atoms with van der Waals surface area (Å²) in [5.41, 5.74) is 3.82. The lowest BCUT2D eigenvalue weighted by molar-refractivity contribution is -0.119. The standard InChI is InChI=1S/C27H30N4O4/c1-6-17-11-9-12-18(7-2)23(17)28-26(32)21(8-3)31-27(33)25-22(16(4)35-30-25)24(29-31)19-13-10-14-20(15-19)34-5/h9-15,21H,6-8H2,1-5H3,(H,28,32)/t21-/m1/s1. The van der Waals surface area contributed by atoms with Gasteiger partial charge in [-0.15, -0.1) is 0 Å². The Morgan fingerprint density at radius 2 is 1.80 bits per heavy atom. The maximum atomic E-state index is 13.5. The molecular weight excluding hydrogens is 444 g/mol. The van der Waals surface area contributed by atoms with E-state index >= 15 is 0 Å². The van der Waals surface area contributed by atoms with Crippen LogP contribution in [0.4, 0.5) is 5.69 Å². The largest absolute Gasteiger partial charge is 0.497 e. The highest BCUT2D eigenvalue weighted by atomic mass is 16.5. The van der Waals surface area contributed by atoms with E-state index in [2.05, 4.69) is 29.4 Å². The first kappa shape index (κ1) is 24.2. The average molecular weight is 475 g/mol. The summed E-state index contributed by atoms with van der Waals surface area (Å²) >= 11 is 0. The molecule has 0 fully saturated rings. The Balaban J connectivity index is 1.85. The van der Waals surface area contributed by atoms with Crippen LogP contribution in [-0.4, -0.2) is 28.0 Å². The van der Waals surface area contributed by atoms with Crippen LogP contribution >= 0.6 is 0 Å². The molecule has 8 heteroatoms. The van der Waals surface area contributed by atoms with Crippen molar-refractivity contribution in [2.75, 3.05) is 12.4 Å². The Bertz CT molecular complexity index is 1410. The van der Waals surface area contributed by atoms with Crippen molar-refractivity contribution < 1.29 is 14.1 Å². The molecule has 0 radical (unpaired) electrons. The number of anilines is 1. The Hall–Kier alpha value is -3.94. The second kappa shape index (κ2) is 10.1. The SMILES string of the molecule is CCc1cccc(CC)c1NC(=O)[C@@H](CC)n1nc(-c2cccc(OC)c2)c2c(C)onc2c1=O. The van der Waals surface area contributed by atoms with Crippen LogP contribution in [0.5, 0.6) is 5.75 Å². The Morgan fingerprint density at radius 1 is 1.11 bits per heavy atom. The number of carbonyl (C=O) groups excluding carboxylic acids is 1. The second-order valence-electron chi connectivity index (χ2n) is 8.36. The van der Waals surface area contributed by atoms with Gasteiger partial charge in [-0.05, 0) is 49.4 Å². The van der Waals surface area contributed by atoms with Gasteiger partial charge in [0.25, 0.3) is 5.56 Å². The summed E-state index contributed by atoms with van der Waals surface area (Å²) in [6.45, 7) is 7.70. The number of hydrogen-bond acceptors (Lipinski definition) is 6. The lowest BCUT2D eigenvalue weighted by Gasteiger charge is -2.20. The molecule has 2 aromatic heterocycles. The van der Waals surface area contributed by atoms with Crippen molar-refractivity contribution in [2.24, 2.45) is 0 Å². The van der Waals surface area contributed by atoms with E-state index in [4.69, 9.17) is 9.26 Å². The molecule has 182 valence electrons. The number of ether oxygens (including phenoxy) is 1. The van der Waals surface area contributed by atoms with Gasteiger partial charge in [-0.1, -0.05) is 56.3 Å². The van der Waals surface area contributed by atoms with Crippen molar-refractivity contribution in [1.82, 2.24) is 14.9 Å². The fraction of sp³-hybridized carbons (Fsp3) is 0.333. The molecule has 0 unspecified atom stereocenters. The summed E-state index contributed by atoms with van der Waals surface area (Å²) in [6.07, 6.45) is 1.93. The maximum Gasteiger partial charge on any atom is 0.297 e. The van der Waals surface area contributed by atoms with E-state index in [-0.39, 0.29) is 11.4 Å². The Labute approximate surface area is 203 Å². The first-order valence-corrected chi connectivity index (χ1v) is 11.9. The summed E-state index contributed by atoms with van der Waals surface area (Å²) in [6, 6.07) is 12.6. The predicted octanol–water partition coefficient (Wildman–Crippen LogP) is 5.08. The number of hydrogen-bond donors (Lipinski definition) is 1. The van der Waals surface area contributed by atoms with Gasteiger partial charge < -0.3 is 14.6 Å². The topological polar surface area (TPSA) is 99.2 Å². The number of rotatable bonds is 8. The van der Waals surface area contributed by atoms with E-state index in [0.717, 1.165) is 35.2 Å². The third-order valence-corrected chi connectivity index (χ3v) is 6.29. The fourth-order valence-corrected chi connectivity index (χ4v) is 4.37. The van der Waals surface area contributed by atoms with E-state index in [1.165, 1.54) is 4.68 Å². The number of nitrogens with zero attached hydrogens (tertiary/aromatic N) is 3. The van der Waals surface area contributed by atoms with Crippen molar-refractivity contribution in [1.29, 1.82) is 0 Å². The van der Waals surface area contributed by atoms with E-state index in [1.54, 1.807) is 14.0 Å². The minimum absolute atomic E-state index is 0.143. The molecule has 0 bridgehead atoms. The van der Waals surface area contributed by atoms with E-state index in [9.17, 15) is 9.59 Å². The van der Waals surface area contributed by atoms with Crippen LogP contribution in [0.15, 0.2) is 51.8 Å². The minimum Gasteiger partial charge on any atom is -0.497 e. The molecule has 1 N–H and O–H groups in total. The number of aryl methyl sites for hydroxylation is 3. The van der Waals surface area contributed by atoms with Crippen LogP contribution in [0.2, 0.25) is 0 Å². The van der Waals surface area contributed by atoms with Gasteiger partial charge in [0.1, 0.15) is 23.2 Å². The monoisotopic (exact) mass is 474 g/mol. The molecule has 4 aromatic rings. The average Bonchev–Trinajstić information content (AvgIpc) is 3.27. The zero-order chi connectivity index (χ0) is 25.1. The first-order valence-electron chi connectivity index (χ1n) is 11.9. The molecule has 0 aliphatic rings. The third-order valence-electron chi connectivity index (χ3n) is 6.29. The third kappa shape index (κ3) is 4.43. The lowest BCUT2D eigenvalue weighted by Crippen LogP contribution is -2.35. The number of carbonyl (C=O) groups is 1. The van der Waals surface area contributed by atoms with Gasteiger partial charge in [-0.25, -0.2) is 4.68 Å². The lowest BCUT2D eigenvalue weighted by atomic mass is 10.0. The van der Waals surface area contributed by atoms with Crippen molar-refractivity contribution in [3.63, 3.8) is 0 Å². The van der Waals surface area contributed by atoms with Gasteiger partial charge in [0.15, 0.2) is 5.52 Å². The highest BCUT2D eigenvalue weighted by Crippen LogP contribution is 2.30. The zero-order valence-corrected chi connectivity index (χ0v) is 20.7. The molecular formula is C27H30N4O4. The quantitative estimate of drug-likeness (QED) is 0.382. The minimum atomic E-state index is -0.831. The van der Waals surface area contributed by atoms with Gasteiger partial charge in [0, 0.05) is 11.3 Å². The number of aromatic nitrogens is 3. The van der Waals surface area contributed by atoms with Gasteiger partial charge >= 0.3 is 0 Å². The van der Waals surface area contributed by atoms with Crippen LogP contribution in [-0.2, 0) is 17.6 Å². The molecule has 35 heavy (non-hydrogen) atoms. The number of amides is 1. The molecule has 0 saturated carbocycles. The van der Waals surface area contributed by atoms with E-state index in [1.807, 2.05) is 49.4 Å². The van der Waals surface area contributed by atoms with Crippen LogP contribution in [0.3, 0.4) is 0 Å². The molecule has 0 spiro atoms. The molecule has 8 nitrogen and oxygen atoms in total. The van der Waals surface area contributed by atoms with Crippen LogP contribution in [0, 0.1) is 6.92 Å². The molecule has 4 rings (SSSR count). The van der Waals surface area contributed by atoms with E-state index in [0.29, 0.717) is 29.0 Å². The van der Waals surface area contributed by atoms with Gasteiger partial charge in [-0.2, -0.15) is 5.10 Å². The molecule has 0 saturated heterocycles. The van der Waals surface area contributed by atoms with Gasteiger partial charge in [0.2, 0.25) is 5.91 Å². The molecule has 0 aliphatic heterocycles. The van der Waals surface area contributed by atoms with Gasteiger partial charge in [0.05, 0.1) is 12.5 Å². The van der Waals surface area contributed by atoms with Crippen molar-refractivity contribution in [3.8, 4) is 17.0 Å². The first-order chi connectivity index (χ1) is 16.9. The van der Waals surface area contributed by atoms with Gasteiger partial charge in [-0.3, -0.25) is 9.59 Å². The number of fused-ring (bicyclic) bond motifs is 1. The predicted molar refractivity (Wildman–Crippen MR) is 136 cm³/mol. The summed E-state index contributed by atoms with van der Waals surface area (Å²) in [7, 11) is 1.59. The fourth-order valence-electron chi connectivity index (χ4n) is 4.37. The van der Waals surface area contributed by atoms with Crippen LogP contribution in [0.1, 0.15) is 50.1 Å². The Kier molecular flexibility index (Phi) is 7.00. The summed E-state index contributed by atoms with van der Waals surface area (Å²) in [4.78, 5) is 27.0. The maximum absolute atomic E-state index is 13.5. The van der Waals surface area contributed by atoms with Crippen molar-refractivity contribution in [3.05, 3.63) is 69.7 Å². The van der Waals surface area contributed by atoms with E-state index < -0.39 is 11.6 Å². The summed E-state index contributed by atoms with van der Waals surface area (Å²) in [5.74, 6) is 0.836. The van der Waals surface area contributed by atoms with Crippen molar-refractivity contribution in [2.45, 2.75) is 53.0 Å². The van der Waals surface area contributed by atoms with Crippen LogP contribution < -0.4 is 15.6 Å². The molecule has 2 heterocycles. The molecule has 0 aliphatic carbocycles. The molecule has 1 atom stereocenters. The zero-order valence-electron chi connectivity index (χ0n) is 20.7. The number of benzene rings is 2. The van der Waals surface area contributed by atoms with Crippen LogP contribution in [0.25, 0.3) is 22.2 Å². The summed E-state index contributed by atoms with van der Waals surface area (Å²) < 4.78 is 12.0. The smallest absolute Gasteiger partial charge is 0.297 e. The molecule has 1 amide bonds. The highest BCUT2D eigenvalue weighted by Gasteiger charge is 2.27. The Morgan fingerprint density at radius 3 is 2.43 bits per heavy atom. The number of para-hydroxylation sites is 1. The normalized spacial score (nSPS) is 12.0. The summed E-state index contributed by atoms with van der Waals surface area (Å²) in [5, 5.41) is 12.3. The highest BCUT2D eigenvalue weighted by molar-refractivity contribution is 5.96. The number of nitrogens with one attached hydrogen (secondary N) is 1. The second-order valence-corrected chi connectivity index (χ2v) is 8.36. The number of methoxy groups -OCH3 is 1.